The van der Waals surface area contributed by atoms with Crippen molar-refractivity contribution in [1.29, 1.82) is 0 Å². The van der Waals surface area contributed by atoms with E-state index in [0.717, 1.165) is 18.4 Å². The molecule has 1 aliphatic rings. The van der Waals surface area contributed by atoms with Gasteiger partial charge in [0.25, 0.3) is 15.9 Å². The molecule has 1 aliphatic heterocycles. The molecule has 0 saturated carbocycles. The first-order valence-corrected chi connectivity index (χ1v) is 15.1. The van der Waals surface area contributed by atoms with E-state index in [0.29, 0.717) is 30.5 Å². The zero-order valence-electron chi connectivity index (χ0n) is 23.4. The number of halogens is 3. The van der Waals surface area contributed by atoms with Crippen LogP contribution < -0.4 is 20.5 Å². The molecule has 1 atom stereocenters. The Hall–Kier alpha value is -4.63. The van der Waals surface area contributed by atoms with Gasteiger partial charge in [-0.3, -0.25) is 14.6 Å². The fraction of sp³-hybridized carbons (Fsp3) is 0.276. The molecule has 5 rings (SSSR count). The van der Waals surface area contributed by atoms with E-state index in [1.54, 1.807) is 13.1 Å². The van der Waals surface area contributed by atoms with Gasteiger partial charge in [-0.25, -0.2) is 17.8 Å². The van der Waals surface area contributed by atoms with E-state index in [4.69, 9.17) is 15.2 Å². The molecule has 1 fully saturated rings. The number of nitrogens with two attached hydrogens (primary N) is 1. The summed E-state index contributed by atoms with van der Waals surface area (Å²) in [6, 6.07) is 13.1. The first kappa shape index (κ1) is 30.8. The number of amides is 1. The van der Waals surface area contributed by atoms with Gasteiger partial charge in [0.2, 0.25) is 0 Å². The first-order valence-electron chi connectivity index (χ1n) is 13.6. The summed E-state index contributed by atoms with van der Waals surface area (Å²) in [5.41, 5.74) is 7.46. The van der Waals surface area contributed by atoms with E-state index >= 15 is 0 Å². The van der Waals surface area contributed by atoms with E-state index in [2.05, 4.69) is 20.5 Å². The largest absolute Gasteiger partial charge is 0.484 e. The van der Waals surface area contributed by atoms with Gasteiger partial charge in [0.1, 0.15) is 29.1 Å². The Morgan fingerprint density at radius 3 is 2.52 bits per heavy atom. The van der Waals surface area contributed by atoms with Crippen molar-refractivity contribution in [3.63, 3.8) is 0 Å². The number of hydrogen-bond acceptors (Lipinski definition) is 8. The number of aromatic amines is 1. The Morgan fingerprint density at radius 2 is 1.84 bits per heavy atom. The van der Waals surface area contributed by atoms with Gasteiger partial charge in [0, 0.05) is 25.0 Å². The number of sulfonamides is 1. The van der Waals surface area contributed by atoms with Crippen LogP contribution in [0.2, 0.25) is 0 Å². The van der Waals surface area contributed by atoms with Gasteiger partial charge in [0.05, 0.1) is 11.4 Å². The Labute approximate surface area is 251 Å². The summed E-state index contributed by atoms with van der Waals surface area (Å²) >= 11 is 0. The van der Waals surface area contributed by atoms with E-state index < -0.39 is 33.6 Å². The fourth-order valence-electron chi connectivity index (χ4n) is 4.85. The summed E-state index contributed by atoms with van der Waals surface area (Å²) in [4.78, 5) is 17.0. The van der Waals surface area contributed by atoms with Crippen LogP contribution in [0.1, 0.15) is 53.3 Å². The predicted molar refractivity (Wildman–Crippen MR) is 157 cm³/mol. The number of primary amides is 1. The highest BCUT2D eigenvalue weighted by molar-refractivity contribution is 7.93. The number of ether oxygens (including phenoxy) is 2. The maximum absolute atomic E-state index is 13.4. The Bertz CT molecular complexity index is 1740. The van der Waals surface area contributed by atoms with Gasteiger partial charge in [-0.05, 0) is 73.2 Å². The molecule has 0 spiro atoms. The Balaban J connectivity index is 1.49. The van der Waals surface area contributed by atoms with Crippen LogP contribution in [0.25, 0.3) is 11.3 Å². The third kappa shape index (κ3) is 6.94. The minimum Gasteiger partial charge on any atom is -0.484 e. The number of carbonyl (C=O) groups excluding carboxylic acids is 1. The first-order chi connectivity index (χ1) is 21.0. The Kier molecular flexibility index (Phi) is 9.06. The van der Waals surface area contributed by atoms with Crippen molar-refractivity contribution in [2.24, 2.45) is 5.73 Å². The van der Waals surface area contributed by atoms with Crippen molar-refractivity contribution in [2.75, 3.05) is 23.3 Å². The molecule has 5 N–H and O–H groups in total. The summed E-state index contributed by atoms with van der Waals surface area (Å²) in [5.74, 6) is -4.32. The highest BCUT2D eigenvalue weighted by Gasteiger charge is 2.27. The zero-order valence-corrected chi connectivity index (χ0v) is 24.2. The standard InChI is InChI=1S/C29H29F3N6O5S/c1-16(17-2-5-21(30)6-3-17)43-23-14-20(4-7-22(23)38-44(40,41)29(31)32)26-25(27(33)39)28(37-36-26)35-24-15-19(8-11-34-24)18-9-12-42-13-10-18/h2-8,11,14-16,18,29,38H,9-10,12-13H2,1H3,(H2,33,39)(H2,34,35,36,37). The van der Waals surface area contributed by atoms with Crippen LogP contribution in [0.5, 0.6) is 5.75 Å². The normalized spacial score (nSPS) is 14.8. The van der Waals surface area contributed by atoms with E-state index in [1.807, 2.05) is 16.9 Å². The third-order valence-electron chi connectivity index (χ3n) is 7.14. The molecule has 4 aromatic rings. The number of nitrogens with one attached hydrogen (secondary N) is 3. The van der Waals surface area contributed by atoms with Crippen molar-refractivity contribution in [3.8, 4) is 17.0 Å². The topological polar surface area (TPSA) is 161 Å². The molecule has 0 radical (unpaired) electrons. The molecular formula is C29H29F3N6O5S. The highest BCUT2D eigenvalue weighted by atomic mass is 32.2. The number of rotatable bonds is 11. The molecule has 1 unspecified atom stereocenters. The second-order valence-electron chi connectivity index (χ2n) is 10.1. The lowest BCUT2D eigenvalue weighted by Gasteiger charge is -2.22. The van der Waals surface area contributed by atoms with Crippen molar-refractivity contribution in [2.45, 2.75) is 37.5 Å². The van der Waals surface area contributed by atoms with Crippen molar-refractivity contribution in [3.05, 3.63) is 83.3 Å². The molecule has 0 bridgehead atoms. The van der Waals surface area contributed by atoms with Crippen LogP contribution in [-0.4, -0.2) is 48.5 Å². The lowest BCUT2D eigenvalue weighted by molar-refractivity contribution is 0.0853. The van der Waals surface area contributed by atoms with Gasteiger partial charge in [-0.1, -0.05) is 18.2 Å². The molecule has 44 heavy (non-hydrogen) atoms. The molecule has 2 aromatic carbocycles. The quantitative estimate of drug-likeness (QED) is 0.170. The number of H-pyrrole nitrogens is 1. The zero-order chi connectivity index (χ0) is 31.4. The lowest BCUT2D eigenvalue weighted by atomic mass is 9.92. The number of carbonyl (C=O) groups is 1. The van der Waals surface area contributed by atoms with Crippen LogP contribution in [0.4, 0.5) is 30.5 Å². The molecule has 1 saturated heterocycles. The summed E-state index contributed by atoms with van der Waals surface area (Å²) in [5, 5.41) is 10.0. The van der Waals surface area contributed by atoms with E-state index in [-0.39, 0.29) is 34.1 Å². The lowest BCUT2D eigenvalue weighted by Crippen LogP contribution is -2.21. The monoisotopic (exact) mass is 630 g/mol. The Morgan fingerprint density at radius 1 is 1.11 bits per heavy atom. The summed E-state index contributed by atoms with van der Waals surface area (Å²) in [7, 11) is -5.05. The molecule has 1 amide bonds. The molecule has 0 aliphatic carbocycles. The second kappa shape index (κ2) is 12.9. The van der Waals surface area contributed by atoms with Gasteiger partial charge in [-0.2, -0.15) is 13.9 Å². The smallest absolute Gasteiger partial charge is 0.355 e. The molecular weight excluding hydrogens is 601 g/mol. The third-order valence-corrected chi connectivity index (χ3v) is 8.11. The second-order valence-corrected chi connectivity index (χ2v) is 11.8. The molecule has 11 nitrogen and oxygen atoms in total. The minimum atomic E-state index is -5.05. The number of pyridine rings is 1. The number of benzene rings is 2. The van der Waals surface area contributed by atoms with Crippen molar-refractivity contribution < 1.29 is 35.9 Å². The number of aromatic nitrogens is 3. The SMILES string of the molecule is CC(Oc1cc(-c2[nH]nc(Nc3cc(C4CCOCC4)ccn3)c2C(N)=O)ccc1NS(=O)(=O)C(F)F)c1ccc(F)cc1. The van der Waals surface area contributed by atoms with Gasteiger partial charge in [0.15, 0.2) is 5.82 Å². The van der Waals surface area contributed by atoms with Gasteiger partial charge >= 0.3 is 5.76 Å². The summed E-state index contributed by atoms with van der Waals surface area (Å²) < 4.78 is 77.0. The maximum Gasteiger partial charge on any atom is 0.355 e. The molecule has 2 aromatic heterocycles. The fourth-order valence-corrected chi connectivity index (χ4v) is 5.42. The maximum atomic E-state index is 13.4. The van der Waals surface area contributed by atoms with E-state index in [9.17, 15) is 26.4 Å². The number of hydrogen-bond donors (Lipinski definition) is 4. The minimum absolute atomic E-state index is 0.0262. The number of alkyl halides is 2. The van der Waals surface area contributed by atoms with Crippen LogP contribution in [0, 0.1) is 5.82 Å². The van der Waals surface area contributed by atoms with Crippen LogP contribution >= 0.6 is 0 Å². The van der Waals surface area contributed by atoms with Crippen LogP contribution in [-0.2, 0) is 14.8 Å². The van der Waals surface area contributed by atoms with Gasteiger partial charge < -0.3 is 20.5 Å². The van der Waals surface area contributed by atoms with Gasteiger partial charge in [-0.15, -0.1) is 0 Å². The summed E-state index contributed by atoms with van der Waals surface area (Å²) in [6.45, 7) is 2.95. The van der Waals surface area contributed by atoms with Crippen molar-refractivity contribution in [1.82, 2.24) is 15.2 Å². The number of anilines is 3. The average molecular weight is 631 g/mol. The predicted octanol–water partition coefficient (Wildman–Crippen LogP) is 5.45. The molecule has 3 heterocycles. The number of nitrogens with zero attached hydrogens (tertiary/aromatic N) is 2. The van der Waals surface area contributed by atoms with E-state index in [1.165, 1.54) is 42.5 Å². The molecule has 232 valence electrons. The average Bonchev–Trinajstić information content (AvgIpc) is 3.42. The highest BCUT2D eigenvalue weighted by Crippen LogP contribution is 2.37. The summed E-state index contributed by atoms with van der Waals surface area (Å²) in [6.07, 6.45) is 2.63. The van der Waals surface area contributed by atoms with Crippen LogP contribution in [0.15, 0.2) is 60.8 Å². The van der Waals surface area contributed by atoms with Crippen LogP contribution in [0.3, 0.4) is 0 Å². The van der Waals surface area contributed by atoms with Crippen molar-refractivity contribution >= 4 is 33.3 Å². The molecule has 15 heteroatoms.